The molecule has 0 saturated heterocycles. The van der Waals surface area contributed by atoms with Crippen molar-refractivity contribution in [2.45, 2.75) is 24.3 Å². The van der Waals surface area contributed by atoms with Gasteiger partial charge in [0.25, 0.3) is 0 Å². The molecule has 7 nitrogen and oxygen atoms in total. The first-order chi connectivity index (χ1) is 13.8. The minimum Gasteiger partial charge on any atom is -0.497 e. The Morgan fingerprint density at radius 3 is 2.50 bits per heavy atom. The molecule has 2 aromatic heterocycles. The summed E-state index contributed by atoms with van der Waals surface area (Å²) in [6.45, 7) is 1.99. The summed E-state index contributed by atoms with van der Waals surface area (Å²) in [5, 5.41) is 13.5. The molecule has 2 aromatic carbocycles. The quantitative estimate of drug-likeness (QED) is 0.436. The fourth-order valence-electron chi connectivity index (χ4n) is 2.72. The van der Waals surface area contributed by atoms with Gasteiger partial charge in [0, 0.05) is 17.7 Å². The molecule has 0 saturated carbocycles. The van der Waals surface area contributed by atoms with Crippen molar-refractivity contribution in [2.24, 2.45) is 0 Å². The molecule has 0 radical (unpaired) electrons. The molecule has 142 valence electrons. The first-order valence-electron chi connectivity index (χ1n) is 8.88. The predicted octanol–water partition coefficient (Wildman–Crippen LogP) is 4.18. The number of ether oxygens (including phenoxy) is 1. The van der Waals surface area contributed by atoms with E-state index in [1.807, 2.05) is 66.1 Å². The average Bonchev–Trinajstić information content (AvgIpc) is 3.39. The highest BCUT2D eigenvalue weighted by Crippen LogP contribution is 2.30. The molecule has 0 aliphatic carbocycles. The van der Waals surface area contributed by atoms with E-state index in [1.165, 1.54) is 11.8 Å². The first kappa shape index (κ1) is 18.2. The van der Waals surface area contributed by atoms with Crippen molar-refractivity contribution in [2.75, 3.05) is 7.11 Å². The summed E-state index contributed by atoms with van der Waals surface area (Å²) < 4.78 is 12.6. The lowest BCUT2D eigenvalue weighted by molar-refractivity contribution is 0.385. The van der Waals surface area contributed by atoms with Gasteiger partial charge in [0.05, 0.1) is 12.9 Å². The van der Waals surface area contributed by atoms with Crippen LogP contribution in [0.3, 0.4) is 0 Å². The Bertz CT molecular complexity index is 1040. The second-order valence-electron chi connectivity index (χ2n) is 5.95. The van der Waals surface area contributed by atoms with E-state index in [9.17, 15) is 0 Å². The van der Waals surface area contributed by atoms with Crippen LogP contribution in [0.15, 0.2) is 64.3 Å². The van der Waals surface area contributed by atoms with Crippen LogP contribution in [0, 0.1) is 0 Å². The normalized spacial score (nSPS) is 10.9. The fraction of sp³-hybridized carbons (Fsp3) is 0.200. The Morgan fingerprint density at radius 1 is 1.04 bits per heavy atom. The Balaban J connectivity index is 1.68. The second-order valence-corrected chi connectivity index (χ2v) is 6.89. The number of benzene rings is 2. The van der Waals surface area contributed by atoms with E-state index in [0.717, 1.165) is 34.4 Å². The van der Waals surface area contributed by atoms with Crippen molar-refractivity contribution in [1.29, 1.82) is 0 Å². The lowest BCUT2D eigenvalue weighted by Gasteiger charge is -2.10. The van der Waals surface area contributed by atoms with E-state index in [1.54, 1.807) is 7.11 Å². The minimum absolute atomic E-state index is 0.528. The van der Waals surface area contributed by atoms with Gasteiger partial charge < -0.3 is 9.26 Å². The topological polar surface area (TPSA) is 78.9 Å². The molecule has 4 rings (SSSR count). The molecule has 0 amide bonds. The molecule has 0 aliphatic heterocycles. The molecule has 2 heterocycles. The third-order valence-corrected chi connectivity index (χ3v) is 5.06. The molecule has 4 aromatic rings. The van der Waals surface area contributed by atoms with Gasteiger partial charge in [-0.05, 0) is 36.4 Å². The van der Waals surface area contributed by atoms with Crippen molar-refractivity contribution in [3.63, 3.8) is 0 Å². The number of hydrogen-bond acceptors (Lipinski definition) is 7. The molecular formula is C20H19N5O2S. The van der Waals surface area contributed by atoms with Crippen LogP contribution in [0.25, 0.3) is 17.1 Å². The van der Waals surface area contributed by atoms with E-state index in [0.29, 0.717) is 17.5 Å². The fourth-order valence-corrected chi connectivity index (χ4v) is 3.51. The maximum absolute atomic E-state index is 5.29. The molecular weight excluding hydrogens is 374 g/mol. The molecule has 0 unspecified atom stereocenters. The lowest BCUT2D eigenvalue weighted by Crippen LogP contribution is -1.99. The summed E-state index contributed by atoms with van der Waals surface area (Å²) in [5.41, 5.74) is 1.94. The van der Waals surface area contributed by atoms with Crippen LogP contribution >= 0.6 is 11.8 Å². The third-order valence-electron chi connectivity index (χ3n) is 4.15. The molecule has 0 fully saturated rings. The summed E-state index contributed by atoms with van der Waals surface area (Å²) in [7, 11) is 1.65. The summed E-state index contributed by atoms with van der Waals surface area (Å²) in [4.78, 5) is 4.36. The standard InChI is InChI=1S/C20H19N5O2S/c1-3-17-21-18(27-24-17)13-28-20-23-22-19(14-9-11-16(26-2)12-10-14)25(20)15-7-5-4-6-8-15/h4-12H,3,13H2,1-2H3. The van der Waals surface area contributed by atoms with Crippen LogP contribution < -0.4 is 4.74 Å². The van der Waals surface area contributed by atoms with Gasteiger partial charge in [-0.3, -0.25) is 4.57 Å². The van der Waals surface area contributed by atoms with Crippen LogP contribution in [0.1, 0.15) is 18.6 Å². The van der Waals surface area contributed by atoms with Crippen LogP contribution in [0.5, 0.6) is 5.75 Å². The number of nitrogens with zero attached hydrogens (tertiary/aromatic N) is 5. The van der Waals surface area contributed by atoms with E-state index >= 15 is 0 Å². The highest BCUT2D eigenvalue weighted by Gasteiger charge is 2.17. The van der Waals surface area contributed by atoms with Crippen molar-refractivity contribution in [3.8, 4) is 22.8 Å². The maximum Gasteiger partial charge on any atom is 0.237 e. The SMILES string of the molecule is CCc1noc(CSc2nnc(-c3ccc(OC)cc3)n2-c2ccccc2)n1. The van der Waals surface area contributed by atoms with Crippen molar-refractivity contribution in [3.05, 3.63) is 66.3 Å². The Kier molecular flexibility index (Phi) is 5.38. The van der Waals surface area contributed by atoms with Gasteiger partial charge >= 0.3 is 0 Å². The Labute approximate surface area is 166 Å². The zero-order chi connectivity index (χ0) is 19.3. The smallest absolute Gasteiger partial charge is 0.237 e. The number of methoxy groups -OCH3 is 1. The van der Waals surface area contributed by atoms with Gasteiger partial charge in [0.1, 0.15) is 5.75 Å². The lowest BCUT2D eigenvalue weighted by atomic mass is 10.2. The zero-order valence-electron chi connectivity index (χ0n) is 15.6. The van der Waals surface area contributed by atoms with Crippen LogP contribution in [0.2, 0.25) is 0 Å². The van der Waals surface area contributed by atoms with E-state index in [-0.39, 0.29) is 0 Å². The highest BCUT2D eigenvalue weighted by molar-refractivity contribution is 7.98. The highest BCUT2D eigenvalue weighted by atomic mass is 32.2. The molecule has 28 heavy (non-hydrogen) atoms. The van der Waals surface area contributed by atoms with Gasteiger partial charge in [-0.25, -0.2) is 0 Å². The number of para-hydroxylation sites is 1. The largest absolute Gasteiger partial charge is 0.497 e. The second kappa shape index (κ2) is 8.26. The zero-order valence-corrected chi connectivity index (χ0v) is 16.4. The average molecular weight is 393 g/mol. The van der Waals surface area contributed by atoms with E-state index in [2.05, 4.69) is 20.3 Å². The molecule has 0 atom stereocenters. The van der Waals surface area contributed by atoms with Crippen molar-refractivity contribution < 1.29 is 9.26 Å². The van der Waals surface area contributed by atoms with Gasteiger partial charge in [-0.15, -0.1) is 10.2 Å². The summed E-state index contributed by atoms with van der Waals surface area (Å²) in [6, 6.07) is 17.8. The van der Waals surface area contributed by atoms with Crippen molar-refractivity contribution in [1.82, 2.24) is 24.9 Å². The number of hydrogen-bond donors (Lipinski definition) is 0. The molecule has 0 spiro atoms. The van der Waals surface area contributed by atoms with E-state index in [4.69, 9.17) is 9.26 Å². The Hall–Kier alpha value is -3.13. The third kappa shape index (κ3) is 3.77. The summed E-state index contributed by atoms with van der Waals surface area (Å²) in [5.74, 6) is 3.37. The molecule has 0 N–H and O–H groups in total. The molecule has 8 heteroatoms. The number of rotatable bonds is 7. The first-order valence-corrected chi connectivity index (χ1v) is 9.86. The maximum atomic E-state index is 5.29. The van der Waals surface area contributed by atoms with Crippen LogP contribution in [0.4, 0.5) is 0 Å². The van der Waals surface area contributed by atoms with Gasteiger partial charge in [0.2, 0.25) is 5.89 Å². The summed E-state index contributed by atoms with van der Waals surface area (Å²) in [6.07, 6.45) is 0.746. The number of aryl methyl sites for hydroxylation is 1. The van der Waals surface area contributed by atoms with Gasteiger partial charge in [-0.2, -0.15) is 4.98 Å². The minimum atomic E-state index is 0.528. The predicted molar refractivity (Wildman–Crippen MR) is 107 cm³/mol. The molecule has 0 aliphatic rings. The monoisotopic (exact) mass is 393 g/mol. The van der Waals surface area contributed by atoms with E-state index < -0.39 is 0 Å². The van der Waals surface area contributed by atoms with Crippen LogP contribution in [-0.4, -0.2) is 32.0 Å². The summed E-state index contributed by atoms with van der Waals surface area (Å²) >= 11 is 1.51. The number of aromatic nitrogens is 5. The Morgan fingerprint density at radius 2 is 1.82 bits per heavy atom. The van der Waals surface area contributed by atoms with Crippen molar-refractivity contribution >= 4 is 11.8 Å². The number of thioether (sulfide) groups is 1. The van der Waals surface area contributed by atoms with Gasteiger partial charge in [0.15, 0.2) is 16.8 Å². The molecule has 0 bridgehead atoms. The van der Waals surface area contributed by atoms with Crippen LogP contribution in [-0.2, 0) is 12.2 Å². The van der Waals surface area contributed by atoms with Gasteiger partial charge in [-0.1, -0.05) is 42.0 Å².